The Morgan fingerprint density at radius 3 is 2.68 bits per heavy atom. The van der Waals surface area contributed by atoms with Gasteiger partial charge in [-0.05, 0) is 26.1 Å². The molecule has 0 radical (unpaired) electrons. The zero-order chi connectivity index (χ0) is 13.7. The topological polar surface area (TPSA) is 34.2 Å². The lowest BCUT2D eigenvalue weighted by atomic mass is 10.3. The highest BCUT2D eigenvalue weighted by atomic mass is 28.4. The highest BCUT2D eigenvalue weighted by molar-refractivity contribution is 6.66. The molecule has 19 heavy (non-hydrogen) atoms. The molecule has 112 valence electrons. The van der Waals surface area contributed by atoms with Gasteiger partial charge in [0.1, 0.15) is 0 Å². The minimum Gasteiger partial charge on any atom is -0.398 e. The molecule has 0 aromatic heterocycles. The van der Waals surface area contributed by atoms with Crippen LogP contribution in [0.3, 0.4) is 0 Å². The molecule has 2 atom stereocenters. The van der Waals surface area contributed by atoms with E-state index >= 15 is 0 Å². The molecule has 0 bridgehead atoms. The molecule has 2 saturated heterocycles. The molecule has 0 spiro atoms. The van der Waals surface area contributed by atoms with Crippen LogP contribution in [-0.2, 0) is 13.6 Å². The standard InChI is InChI=1S/C13H28N2O3Si/c1-14-5-7-15(8-6-14)11-13-12-17-9-4-10-19(3,16-2)18-13/h13H,4-12H2,1-3H3. The average Bonchev–Trinajstić information content (AvgIpc) is 2.38. The Morgan fingerprint density at radius 2 is 2.00 bits per heavy atom. The van der Waals surface area contributed by atoms with Crippen molar-refractivity contribution in [3.8, 4) is 0 Å². The predicted molar refractivity (Wildman–Crippen MR) is 77.7 cm³/mol. The molecule has 2 fully saturated rings. The first-order valence-electron chi connectivity index (χ1n) is 7.33. The first-order valence-corrected chi connectivity index (χ1v) is 9.85. The van der Waals surface area contributed by atoms with Crippen molar-refractivity contribution in [1.29, 1.82) is 0 Å². The van der Waals surface area contributed by atoms with Crippen molar-refractivity contribution in [2.45, 2.75) is 25.1 Å². The van der Waals surface area contributed by atoms with E-state index in [1.807, 2.05) is 0 Å². The molecule has 0 N–H and O–H groups in total. The summed E-state index contributed by atoms with van der Waals surface area (Å²) in [6.07, 6.45) is 1.22. The van der Waals surface area contributed by atoms with Crippen LogP contribution in [0, 0.1) is 0 Å². The van der Waals surface area contributed by atoms with Crippen LogP contribution in [-0.4, -0.2) is 84.6 Å². The summed E-state index contributed by atoms with van der Waals surface area (Å²) in [7, 11) is 2.00. The first kappa shape index (κ1) is 15.4. The summed E-state index contributed by atoms with van der Waals surface area (Å²) in [5, 5.41) is 0. The molecule has 2 aliphatic rings. The number of piperazine rings is 1. The Morgan fingerprint density at radius 1 is 1.26 bits per heavy atom. The number of ether oxygens (including phenoxy) is 1. The zero-order valence-corrected chi connectivity index (χ0v) is 13.6. The molecule has 0 aromatic rings. The lowest BCUT2D eigenvalue weighted by molar-refractivity contribution is -0.00516. The Balaban J connectivity index is 1.86. The highest BCUT2D eigenvalue weighted by Gasteiger charge is 2.35. The largest absolute Gasteiger partial charge is 0.398 e. The van der Waals surface area contributed by atoms with Gasteiger partial charge in [0.05, 0.1) is 12.7 Å². The van der Waals surface area contributed by atoms with Crippen molar-refractivity contribution in [1.82, 2.24) is 9.80 Å². The maximum atomic E-state index is 6.29. The summed E-state index contributed by atoms with van der Waals surface area (Å²) in [6.45, 7) is 9.24. The quantitative estimate of drug-likeness (QED) is 0.716. The van der Waals surface area contributed by atoms with Crippen LogP contribution in [0.2, 0.25) is 12.6 Å². The van der Waals surface area contributed by atoms with Crippen LogP contribution >= 0.6 is 0 Å². The van der Waals surface area contributed by atoms with E-state index in [9.17, 15) is 0 Å². The minimum atomic E-state index is -1.97. The molecular weight excluding hydrogens is 260 g/mol. The predicted octanol–water partition coefficient (Wildman–Crippen LogP) is 0.758. The van der Waals surface area contributed by atoms with Gasteiger partial charge in [-0.3, -0.25) is 4.90 Å². The van der Waals surface area contributed by atoms with E-state index < -0.39 is 8.56 Å². The summed E-state index contributed by atoms with van der Waals surface area (Å²) in [5.41, 5.74) is 0. The van der Waals surface area contributed by atoms with Crippen LogP contribution in [0.1, 0.15) is 6.42 Å². The van der Waals surface area contributed by atoms with Gasteiger partial charge in [0.25, 0.3) is 0 Å². The fourth-order valence-electron chi connectivity index (χ4n) is 2.71. The fourth-order valence-corrected chi connectivity index (χ4v) is 4.77. The lowest BCUT2D eigenvalue weighted by Crippen LogP contribution is -2.52. The van der Waals surface area contributed by atoms with Crippen LogP contribution < -0.4 is 0 Å². The van der Waals surface area contributed by atoms with Gasteiger partial charge >= 0.3 is 8.56 Å². The van der Waals surface area contributed by atoms with Crippen molar-refractivity contribution in [2.75, 3.05) is 60.1 Å². The number of hydrogen-bond donors (Lipinski definition) is 0. The third-order valence-electron chi connectivity index (χ3n) is 4.13. The summed E-state index contributed by atoms with van der Waals surface area (Å²) < 4.78 is 17.7. The van der Waals surface area contributed by atoms with E-state index in [1.165, 1.54) is 0 Å². The first-order chi connectivity index (χ1) is 9.11. The number of likely N-dealkylation sites (N-methyl/N-ethyl adjacent to an activating group) is 1. The Bertz CT molecular complexity index is 275. The van der Waals surface area contributed by atoms with Crippen molar-refractivity contribution < 1.29 is 13.6 Å². The summed E-state index contributed by atoms with van der Waals surface area (Å²) in [5.74, 6) is 0. The number of nitrogens with zero attached hydrogens (tertiary/aromatic N) is 2. The van der Waals surface area contributed by atoms with Crippen molar-refractivity contribution >= 4 is 8.56 Å². The van der Waals surface area contributed by atoms with Gasteiger partial charge in [-0.2, -0.15) is 0 Å². The summed E-state index contributed by atoms with van der Waals surface area (Å²) in [4.78, 5) is 4.86. The number of hydrogen-bond acceptors (Lipinski definition) is 5. The zero-order valence-electron chi connectivity index (χ0n) is 12.6. The molecule has 2 rings (SSSR count). The molecule has 0 aromatic carbocycles. The molecule has 0 saturated carbocycles. The molecular formula is C13H28N2O3Si. The molecule has 2 aliphatic heterocycles. The number of rotatable bonds is 3. The summed E-state index contributed by atoms with van der Waals surface area (Å²) >= 11 is 0. The van der Waals surface area contributed by atoms with Crippen LogP contribution in [0.25, 0.3) is 0 Å². The Labute approximate surface area is 118 Å². The van der Waals surface area contributed by atoms with E-state index in [2.05, 4.69) is 23.4 Å². The van der Waals surface area contributed by atoms with Crippen LogP contribution in [0.4, 0.5) is 0 Å². The van der Waals surface area contributed by atoms with Gasteiger partial charge in [0.2, 0.25) is 0 Å². The monoisotopic (exact) mass is 288 g/mol. The van der Waals surface area contributed by atoms with Crippen LogP contribution in [0.5, 0.6) is 0 Å². The van der Waals surface area contributed by atoms with E-state index in [0.717, 1.165) is 51.8 Å². The van der Waals surface area contributed by atoms with E-state index in [-0.39, 0.29) is 6.10 Å². The molecule has 0 aliphatic carbocycles. The fraction of sp³-hybridized carbons (Fsp3) is 1.00. The molecule has 0 amide bonds. The highest BCUT2D eigenvalue weighted by Crippen LogP contribution is 2.20. The normalized spacial score (nSPS) is 35.8. The van der Waals surface area contributed by atoms with E-state index in [1.54, 1.807) is 7.11 Å². The second kappa shape index (κ2) is 7.15. The lowest BCUT2D eigenvalue weighted by Gasteiger charge is -2.38. The van der Waals surface area contributed by atoms with Gasteiger partial charge in [-0.25, -0.2) is 0 Å². The average molecular weight is 288 g/mol. The second-order valence-electron chi connectivity index (χ2n) is 5.86. The summed E-state index contributed by atoms with van der Waals surface area (Å²) in [6, 6.07) is 1.03. The maximum Gasteiger partial charge on any atom is 0.335 e. The molecule has 2 unspecified atom stereocenters. The van der Waals surface area contributed by atoms with Gasteiger partial charge in [0, 0.05) is 46.4 Å². The minimum absolute atomic E-state index is 0.167. The third kappa shape index (κ3) is 4.80. The second-order valence-corrected chi connectivity index (χ2v) is 9.27. The van der Waals surface area contributed by atoms with E-state index in [0.29, 0.717) is 6.61 Å². The van der Waals surface area contributed by atoms with Crippen LogP contribution in [0.15, 0.2) is 0 Å². The van der Waals surface area contributed by atoms with E-state index in [4.69, 9.17) is 13.6 Å². The van der Waals surface area contributed by atoms with Gasteiger partial charge in [-0.15, -0.1) is 0 Å². The maximum absolute atomic E-state index is 6.29. The third-order valence-corrected chi connectivity index (χ3v) is 7.09. The molecule has 6 heteroatoms. The Hall–Kier alpha value is 0.0169. The smallest absolute Gasteiger partial charge is 0.335 e. The Kier molecular flexibility index (Phi) is 5.80. The van der Waals surface area contributed by atoms with Gasteiger partial charge < -0.3 is 18.5 Å². The van der Waals surface area contributed by atoms with Crippen molar-refractivity contribution in [3.05, 3.63) is 0 Å². The molecule has 5 nitrogen and oxygen atoms in total. The SMILES string of the molecule is CO[Si]1(C)CCCOCC(CN2CCN(C)CC2)O1. The van der Waals surface area contributed by atoms with Crippen molar-refractivity contribution in [3.63, 3.8) is 0 Å². The van der Waals surface area contributed by atoms with Gasteiger partial charge in [0.15, 0.2) is 0 Å². The van der Waals surface area contributed by atoms with Crippen molar-refractivity contribution in [2.24, 2.45) is 0 Å². The molecule has 2 heterocycles. The van der Waals surface area contributed by atoms with Gasteiger partial charge in [-0.1, -0.05) is 0 Å².